The second-order valence-electron chi connectivity index (χ2n) is 7.68. The highest BCUT2D eigenvalue weighted by molar-refractivity contribution is 7.89. The molecule has 0 bridgehead atoms. The van der Waals surface area contributed by atoms with Crippen molar-refractivity contribution in [2.24, 2.45) is 0 Å². The first-order chi connectivity index (χ1) is 14.4. The van der Waals surface area contributed by atoms with Gasteiger partial charge in [0.25, 0.3) is 5.91 Å². The molecule has 3 N–H and O–H groups in total. The molecule has 0 aliphatic heterocycles. The van der Waals surface area contributed by atoms with E-state index in [2.05, 4.69) is 15.4 Å². The predicted octanol–water partition coefficient (Wildman–Crippen LogP) is 3.51. The lowest BCUT2D eigenvalue weighted by Gasteiger charge is -2.20. The zero-order chi connectivity index (χ0) is 23.4. The molecule has 0 aromatic heterocycles. The van der Waals surface area contributed by atoms with E-state index in [1.54, 1.807) is 45.9 Å². The Morgan fingerprint density at radius 1 is 1.00 bits per heavy atom. The summed E-state index contributed by atoms with van der Waals surface area (Å²) in [4.78, 5) is 24.9. The third kappa shape index (κ3) is 6.43. The Morgan fingerprint density at radius 2 is 1.68 bits per heavy atom. The summed E-state index contributed by atoms with van der Waals surface area (Å²) >= 11 is 0. The van der Waals surface area contributed by atoms with E-state index in [9.17, 15) is 18.0 Å². The smallest absolute Gasteiger partial charge is 0.412 e. The summed E-state index contributed by atoms with van der Waals surface area (Å²) < 4.78 is 36.8. The molecule has 0 spiro atoms. The number of carbonyl (C=O) groups is 2. The first-order valence-electron chi connectivity index (χ1n) is 9.40. The average molecular weight is 450 g/mol. The number of hydrogen-bond acceptors (Lipinski definition) is 6. The molecule has 2 rings (SSSR count). The van der Waals surface area contributed by atoms with Gasteiger partial charge >= 0.3 is 6.09 Å². The number of carbonyl (C=O) groups excluding carboxylic acids is 2. The molecule has 31 heavy (non-hydrogen) atoms. The molecule has 0 unspecified atom stereocenters. The number of aryl methyl sites for hydroxylation is 1. The first kappa shape index (κ1) is 24.2. The Hall–Kier alpha value is -3.11. The minimum atomic E-state index is -3.70. The number of hydrogen-bond donors (Lipinski definition) is 3. The SMILES string of the molecule is CNS(=O)(=O)c1ccc(C)c(C(=O)Nc2ccc(OC)c(NC(=O)OC(C)(C)C)c2)c1. The highest BCUT2D eigenvalue weighted by Gasteiger charge is 2.19. The van der Waals surface area contributed by atoms with Gasteiger partial charge in [-0.15, -0.1) is 0 Å². The van der Waals surface area contributed by atoms with Gasteiger partial charge in [-0.25, -0.2) is 17.9 Å². The molecular formula is C21H27N3O6S. The number of sulfonamides is 1. The second-order valence-corrected chi connectivity index (χ2v) is 9.57. The van der Waals surface area contributed by atoms with Crippen molar-refractivity contribution >= 4 is 33.4 Å². The molecular weight excluding hydrogens is 422 g/mol. The number of methoxy groups -OCH3 is 1. The number of nitrogens with one attached hydrogen (secondary N) is 3. The molecule has 0 aliphatic rings. The van der Waals surface area contributed by atoms with E-state index < -0.39 is 27.6 Å². The molecule has 0 radical (unpaired) electrons. The van der Waals surface area contributed by atoms with Crippen molar-refractivity contribution in [1.29, 1.82) is 0 Å². The van der Waals surface area contributed by atoms with Gasteiger partial charge in [-0.05, 0) is 70.6 Å². The maximum absolute atomic E-state index is 12.8. The van der Waals surface area contributed by atoms with Crippen molar-refractivity contribution in [1.82, 2.24) is 4.72 Å². The van der Waals surface area contributed by atoms with Gasteiger partial charge in [0.1, 0.15) is 11.4 Å². The van der Waals surface area contributed by atoms with Crippen molar-refractivity contribution in [3.05, 3.63) is 47.5 Å². The van der Waals surface area contributed by atoms with E-state index in [0.29, 0.717) is 22.7 Å². The van der Waals surface area contributed by atoms with Crippen LogP contribution < -0.4 is 20.1 Å². The van der Waals surface area contributed by atoms with Gasteiger partial charge < -0.3 is 14.8 Å². The van der Waals surface area contributed by atoms with Gasteiger partial charge in [0.2, 0.25) is 10.0 Å². The normalized spacial score (nSPS) is 11.5. The average Bonchev–Trinajstić information content (AvgIpc) is 2.66. The first-order valence-corrected chi connectivity index (χ1v) is 10.9. The van der Waals surface area contributed by atoms with E-state index in [1.165, 1.54) is 32.4 Å². The van der Waals surface area contributed by atoms with Crippen molar-refractivity contribution in [3.8, 4) is 5.75 Å². The van der Waals surface area contributed by atoms with Gasteiger partial charge in [0, 0.05) is 11.3 Å². The van der Waals surface area contributed by atoms with Crippen LogP contribution in [0.1, 0.15) is 36.7 Å². The zero-order valence-electron chi connectivity index (χ0n) is 18.3. The summed E-state index contributed by atoms with van der Waals surface area (Å²) in [6.45, 7) is 6.93. The lowest BCUT2D eigenvalue weighted by atomic mass is 10.1. The highest BCUT2D eigenvalue weighted by Crippen LogP contribution is 2.29. The lowest BCUT2D eigenvalue weighted by Crippen LogP contribution is -2.27. The Bertz CT molecular complexity index is 1090. The molecule has 0 fully saturated rings. The monoisotopic (exact) mass is 449 g/mol. The standard InChI is InChI=1S/C21H27N3O6S/c1-13-7-9-15(31(27,28)22-5)12-16(13)19(25)23-14-8-10-18(29-6)17(11-14)24-20(26)30-21(2,3)4/h7-12,22H,1-6H3,(H,23,25)(H,24,26). The lowest BCUT2D eigenvalue weighted by molar-refractivity contribution is 0.0635. The summed E-state index contributed by atoms with van der Waals surface area (Å²) in [7, 11) is -0.950. The van der Waals surface area contributed by atoms with Gasteiger partial charge in [0.05, 0.1) is 17.7 Å². The number of ether oxygens (including phenoxy) is 2. The topological polar surface area (TPSA) is 123 Å². The van der Waals surface area contributed by atoms with E-state index in [0.717, 1.165) is 0 Å². The summed E-state index contributed by atoms with van der Waals surface area (Å²) in [5.74, 6) is -0.124. The molecule has 10 heteroatoms. The summed E-state index contributed by atoms with van der Waals surface area (Å²) in [6, 6.07) is 8.98. The highest BCUT2D eigenvalue weighted by atomic mass is 32.2. The van der Waals surface area contributed by atoms with Crippen LogP contribution in [0.4, 0.5) is 16.2 Å². The summed E-state index contributed by atoms with van der Waals surface area (Å²) in [5, 5.41) is 5.30. The molecule has 0 aliphatic carbocycles. The van der Waals surface area contributed by atoms with Crippen LogP contribution in [0.25, 0.3) is 0 Å². The van der Waals surface area contributed by atoms with Gasteiger partial charge in [-0.2, -0.15) is 0 Å². The van der Waals surface area contributed by atoms with Crippen LogP contribution in [0.3, 0.4) is 0 Å². The number of rotatable bonds is 6. The Labute approximate surface area is 182 Å². The van der Waals surface area contributed by atoms with Crippen molar-refractivity contribution in [2.75, 3.05) is 24.8 Å². The molecule has 168 valence electrons. The minimum Gasteiger partial charge on any atom is -0.495 e. The Kier molecular flexibility index (Phi) is 7.29. The van der Waals surface area contributed by atoms with Crippen LogP contribution in [0, 0.1) is 6.92 Å². The third-order valence-electron chi connectivity index (χ3n) is 4.13. The quantitative estimate of drug-likeness (QED) is 0.620. The largest absolute Gasteiger partial charge is 0.495 e. The van der Waals surface area contributed by atoms with E-state index >= 15 is 0 Å². The molecule has 0 heterocycles. The van der Waals surface area contributed by atoms with E-state index in [1.807, 2.05) is 0 Å². The second kappa shape index (κ2) is 9.36. The molecule has 0 atom stereocenters. The van der Waals surface area contributed by atoms with Crippen LogP contribution in [0.15, 0.2) is 41.3 Å². The number of anilines is 2. The molecule has 0 saturated heterocycles. The molecule has 0 saturated carbocycles. The molecule has 9 nitrogen and oxygen atoms in total. The number of amides is 2. The maximum atomic E-state index is 12.8. The van der Waals surface area contributed by atoms with Gasteiger partial charge in [-0.3, -0.25) is 10.1 Å². The fraction of sp³-hybridized carbons (Fsp3) is 0.333. The van der Waals surface area contributed by atoms with Crippen LogP contribution in [-0.2, 0) is 14.8 Å². The third-order valence-corrected chi connectivity index (χ3v) is 5.54. The predicted molar refractivity (Wildman–Crippen MR) is 118 cm³/mol. The van der Waals surface area contributed by atoms with Gasteiger partial charge in [0.15, 0.2) is 0 Å². The molecule has 2 amide bonds. The van der Waals surface area contributed by atoms with Gasteiger partial charge in [-0.1, -0.05) is 6.07 Å². The summed E-state index contributed by atoms with van der Waals surface area (Å²) in [5.41, 5.74) is 0.803. The van der Waals surface area contributed by atoms with Crippen molar-refractivity contribution in [2.45, 2.75) is 38.2 Å². The van der Waals surface area contributed by atoms with Crippen LogP contribution >= 0.6 is 0 Å². The fourth-order valence-electron chi connectivity index (χ4n) is 2.63. The van der Waals surface area contributed by atoms with E-state index in [4.69, 9.17) is 9.47 Å². The maximum Gasteiger partial charge on any atom is 0.412 e. The molecule has 2 aromatic rings. The van der Waals surface area contributed by atoms with Crippen LogP contribution in [0.5, 0.6) is 5.75 Å². The summed E-state index contributed by atoms with van der Waals surface area (Å²) in [6.07, 6.45) is -0.671. The van der Waals surface area contributed by atoms with Crippen LogP contribution in [-0.4, -0.2) is 40.2 Å². The Morgan fingerprint density at radius 3 is 2.26 bits per heavy atom. The zero-order valence-corrected chi connectivity index (χ0v) is 19.1. The molecule has 2 aromatic carbocycles. The van der Waals surface area contributed by atoms with Crippen LogP contribution in [0.2, 0.25) is 0 Å². The van der Waals surface area contributed by atoms with Crippen molar-refractivity contribution in [3.63, 3.8) is 0 Å². The fourth-order valence-corrected chi connectivity index (χ4v) is 3.38. The van der Waals surface area contributed by atoms with Crippen molar-refractivity contribution < 1.29 is 27.5 Å². The minimum absolute atomic E-state index is 0.0206. The van der Waals surface area contributed by atoms with E-state index in [-0.39, 0.29) is 10.5 Å². The Balaban J connectivity index is 2.30. The number of benzene rings is 2.